The smallest absolute Gasteiger partial charge is 0.164 e. The van der Waals surface area contributed by atoms with Gasteiger partial charge in [-0.2, -0.15) is 10.5 Å². The number of hydrogen-bond donors (Lipinski definition) is 4. The van der Waals surface area contributed by atoms with Gasteiger partial charge in [0, 0.05) is 35.4 Å². The summed E-state index contributed by atoms with van der Waals surface area (Å²) in [5.41, 5.74) is 1.75. The van der Waals surface area contributed by atoms with Gasteiger partial charge in [-0.25, -0.2) is 10.4 Å². The molecule has 0 aliphatic rings. The minimum absolute atomic E-state index is 0.194. The largest absolute Gasteiger partial charge is 0.595 e. The van der Waals surface area contributed by atoms with E-state index >= 15 is 0 Å². The molecule has 0 aliphatic heterocycles. The third-order valence-electron chi connectivity index (χ3n) is 4.46. The molecule has 8 nitrogen and oxygen atoms in total. The average Bonchev–Trinajstić information content (AvgIpc) is 3.38. The molecule has 2 unspecified atom stereocenters. The highest BCUT2D eigenvalue weighted by molar-refractivity contribution is 5.62. The molecule has 0 amide bonds. The zero-order valence-corrected chi connectivity index (χ0v) is 15.2. The van der Waals surface area contributed by atoms with Crippen LogP contribution in [0.3, 0.4) is 0 Å². The molecule has 0 fully saturated rings. The summed E-state index contributed by atoms with van der Waals surface area (Å²) in [7, 11) is 0. The maximum Gasteiger partial charge on any atom is 0.164 e. The number of benzene rings is 2. The van der Waals surface area contributed by atoms with Gasteiger partial charge in [0.2, 0.25) is 0 Å². The Bertz CT molecular complexity index is 1030. The van der Waals surface area contributed by atoms with Crippen LogP contribution in [0, 0.1) is 10.4 Å². The summed E-state index contributed by atoms with van der Waals surface area (Å²) >= 11 is 0. The monoisotopic (exact) mass is 394 g/mol. The Morgan fingerprint density at radius 3 is 1.52 bits per heavy atom. The highest BCUT2D eigenvalue weighted by Crippen LogP contribution is 2.28. The number of quaternary nitrogens is 2. The standard InChI is InChI=1S/C21H18N2O6/c24-22(25)16-5-1-3-14(11-16)20-9-7-18(28-20)13-19-8-10-21(29-19)15-4-2-6-17(12-15)23(26)27/h1-12,22-24,26H,13H2. The van der Waals surface area contributed by atoms with Crippen molar-refractivity contribution in [3.05, 3.63) is 94.7 Å². The molecule has 4 aromatic rings. The van der Waals surface area contributed by atoms with Crippen LogP contribution in [0.15, 0.2) is 81.6 Å². The Hall–Kier alpha value is -3.24. The van der Waals surface area contributed by atoms with Crippen molar-refractivity contribution >= 4 is 11.4 Å². The molecule has 29 heavy (non-hydrogen) atoms. The quantitative estimate of drug-likeness (QED) is 0.373. The van der Waals surface area contributed by atoms with E-state index in [1.54, 1.807) is 48.5 Å². The van der Waals surface area contributed by atoms with E-state index in [1.165, 1.54) is 12.1 Å². The van der Waals surface area contributed by atoms with Gasteiger partial charge in [0.15, 0.2) is 11.4 Å². The highest BCUT2D eigenvalue weighted by Gasteiger charge is 2.12. The van der Waals surface area contributed by atoms with Crippen LogP contribution in [0.25, 0.3) is 22.6 Å². The fourth-order valence-electron chi connectivity index (χ4n) is 3.04. The molecule has 8 heteroatoms. The van der Waals surface area contributed by atoms with Gasteiger partial charge in [0.1, 0.15) is 23.0 Å². The summed E-state index contributed by atoms with van der Waals surface area (Å²) in [6.45, 7) is 0. The van der Waals surface area contributed by atoms with Crippen LogP contribution >= 0.6 is 0 Å². The predicted molar refractivity (Wildman–Crippen MR) is 103 cm³/mol. The number of nitrogens with one attached hydrogen (secondary N) is 2. The first-order valence-electron chi connectivity index (χ1n) is 8.84. The molecule has 2 aromatic carbocycles. The lowest BCUT2D eigenvalue weighted by Gasteiger charge is -2.11. The second-order valence-electron chi connectivity index (χ2n) is 6.48. The molecule has 2 heterocycles. The Morgan fingerprint density at radius 1 is 0.655 bits per heavy atom. The molecule has 0 aliphatic carbocycles. The van der Waals surface area contributed by atoms with E-state index in [2.05, 4.69) is 0 Å². The molecular weight excluding hydrogens is 376 g/mol. The van der Waals surface area contributed by atoms with Gasteiger partial charge < -0.3 is 19.2 Å². The van der Waals surface area contributed by atoms with Crippen LogP contribution < -0.4 is 10.5 Å². The van der Waals surface area contributed by atoms with Crippen molar-refractivity contribution in [2.24, 2.45) is 0 Å². The van der Waals surface area contributed by atoms with Crippen LogP contribution in [0.1, 0.15) is 11.5 Å². The fourth-order valence-corrected chi connectivity index (χ4v) is 3.04. The summed E-state index contributed by atoms with van der Waals surface area (Å²) in [6.07, 6.45) is 0.414. The SMILES string of the molecule is [O-][NH+](O)c1cccc(-c2ccc(Cc3ccc(-c4cccc([NH+]([O-])O)c4)o3)o2)c1. The molecule has 0 saturated carbocycles. The van der Waals surface area contributed by atoms with E-state index in [1.807, 2.05) is 12.1 Å². The van der Waals surface area contributed by atoms with Crippen LogP contribution in [-0.4, -0.2) is 10.4 Å². The third-order valence-corrected chi connectivity index (χ3v) is 4.46. The molecular formula is C21H18N2O6. The molecule has 2 aromatic heterocycles. The van der Waals surface area contributed by atoms with Crippen LogP contribution in [0.4, 0.5) is 11.4 Å². The van der Waals surface area contributed by atoms with Crippen LogP contribution in [0.5, 0.6) is 0 Å². The molecule has 148 valence electrons. The van der Waals surface area contributed by atoms with E-state index in [-0.39, 0.29) is 11.4 Å². The first-order chi connectivity index (χ1) is 14.0. The van der Waals surface area contributed by atoms with Gasteiger partial charge in [-0.3, -0.25) is 0 Å². The Labute approximate surface area is 165 Å². The van der Waals surface area contributed by atoms with Crippen molar-refractivity contribution in [1.82, 2.24) is 0 Å². The Kier molecular flexibility index (Phi) is 5.28. The third kappa shape index (κ3) is 4.28. The zero-order valence-electron chi connectivity index (χ0n) is 15.2. The van der Waals surface area contributed by atoms with Crippen molar-refractivity contribution < 1.29 is 29.7 Å². The Morgan fingerprint density at radius 2 is 1.10 bits per heavy atom. The first kappa shape index (κ1) is 19.1. The second kappa shape index (κ2) is 8.02. The maximum absolute atomic E-state index is 11.1. The fraction of sp³-hybridized carbons (Fsp3) is 0.0476. The van der Waals surface area contributed by atoms with Crippen molar-refractivity contribution in [2.45, 2.75) is 6.42 Å². The summed E-state index contributed by atoms with van der Waals surface area (Å²) in [4.78, 5) is 0. The van der Waals surface area contributed by atoms with Gasteiger partial charge in [-0.05, 0) is 24.3 Å². The van der Waals surface area contributed by atoms with Gasteiger partial charge in [0.05, 0.1) is 6.42 Å². The van der Waals surface area contributed by atoms with Gasteiger partial charge in [0.25, 0.3) is 0 Å². The molecule has 0 saturated heterocycles. The molecule has 0 bridgehead atoms. The number of furan rings is 2. The van der Waals surface area contributed by atoms with Gasteiger partial charge in [-0.15, -0.1) is 0 Å². The second-order valence-corrected chi connectivity index (χ2v) is 6.48. The Balaban J connectivity index is 1.52. The molecule has 0 radical (unpaired) electrons. The zero-order chi connectivity index (χ0) is 20.4. The van der Waals surface area contributed by atoms with E-state index in [0.29, 0.717) is 40.6 Å². The molecule has 2 atom stereocenters. The van der Waals surface area contributed by atoms with Gasteiger partial charge in [-0.1, -0.05) is 24.3 Å². The minimum Gasteiger partial charge on any atom is -0.595 e. The van der Waals surface area contributed by atoms with Crippen molar-refractivity contribution in [1.29, 1.82) is 0 Å². The van der Waals surface area contributed by atoms with Crippen molar-refractivity contribution in [2.75, 3.05) is 0 Å². The van der Waals surface area contributed by atoms with E-state index in [9.17, 15) is 10.4 Å². The lowest BCUT2D eigenvalue weighted by Crippen LogP contribution is -2.99. The number of hydrogen-bond acceptors (Lipinski definition) is 6. The predicted octanol–water partition coefficient (Wildman–Crippen LogP) is 2.60. The molecule has 4 N–H and O–H groups in total. The summed E-state index contributed by atoms with van der Waals surface area (Å²) < 4.78 is 11.7. The van der Waals surface area contributed by atoms with Crippen molar-refractivity contribution in [3.8, 4) is 22.6 Å². The normalized spacial score (nSPS) is 13.4. The van der Waals surface area contributed by atoms with E-state index < -0.39 is 10.5 Å². The molecule has 0 spiro atoms. The highest BCUT2D eigenvalue weighted by atomic mass is 16.8. The lowest BCUT2D eigenvalue weighted by atomic mass is 10.1. The first-order valence-corrected chi connectivity index (χ1v) is 8.84. The molecule has 4 rings (SSSR count). The minimum atomic E-state index is -0.992. The number of rotatable bonds is 6. The van der Waals surface area contributed by atoms with Gasteiger partial charge >= 0.3 is 0 Å². The van der Waals surface area contributed by atoms with E-state index in [4.69, 9.17) is 19.2 Å². The van der Waals surface area contributed by atoms with E-state index in [0.717, 1.165) is 0 Å². The summed E-state index contributed by atoms with van der Waals surface area (Å²) in [6, 6.07) is 20.3. The lowest BCUT2D eigenvalue weighted by molar-refractivity contribution is -0.991. The van der Waals surface area contributed by atoms with Crippen LogP contribution in [-0.2, 0) is 6.42 Å². The average molecular weight is 394 g/mol. The topological polar surface area (TPSA) is 122 Å². The maximum atomic E-state index is 11.1. The van der Waals surface area contributed by atoms with Crippen LogP contribution in [0.2, 0.25) is 0 Å². The summed E-state index contributed by atoms with van der Waals surface area (Å²) in [5, 5.41) is 38.5. The van der Waals surface area contributed by atoms with Crippen molar-refractivity contribution in [3.63, 3.8) is 0 Å². The summed E-state index contributed by atoms with van der Waals surface area (Å²) in [5.74, 6) is 2.48.